The minimum Gasteiger partial charge on any atom is -0.321 e. The molecular formula is C24H25F4N3O. The van der Waals surface area contributed by atoms with Crippen LogP contribution in [0.5, 0.6) is 0 Å². The first-order valence-corrected chi connectivity index (χ1v) is 10.9. The molecule has 2 fully saturated rings. The van der Waals surface area contributed by atoms with Gasteiger partial charge in [0.05, 0.1) is 11.0 Å². The number of benzene rings is 1. The summed E-state index contributed by atoms with van der Waals surface area (Å²) in [4.78, 5) is 17.0. The van der Waals surface area contributed by atoms with Gasteiger partial charge in [0.25, 0.3) is 5.92 Å². The zero-order valence-corrected chi connectivity index (χ0v) is 17.9. The highest BCUT2D eigenvalue weighted by atomic mass is 19.3. The summed E-state index contributed by atoms with van der Waals surface area (Å²) < 4.78 is 57.7. The molecule has 8 heteroatoms. The number of alkyl halides is 3. The van der Waals surface area contributed by atoms with Gasteiger partial charge in [-0.3, -0.25) is 4.79 Å². The predicted octanol–water partition coefficient (Wildman–Crippen LogP) is 5.78. The number of allylic oxidation sites excluding steroid dienone is 1. The molecule has 4 rings (SSSR count). The Balaban J connectivity index is 1.50. The van der Waals surface area contributed by atoms with E-state index in [1.807, 2.05) is 17.6 Å². The van der Waals surface area contributed by atoms with Gasteiger partial charge in [-0.1, -0.05) is 6.58 Å². The van der Waals surface area contributed by atoms with Crippen LogP contribution >= 0.6 is 0 Å². The molecule has 1 heterocycles. The lowest BCUT2D eigenvalue weighted by Crippen LogP contribution is -2.60. The second kappa shape index (κ2) is 7.72. The van der Waals surface area contributed by atoms with E-state index >= 15 is 0 Å². The summed E-state index contributed by atoms with van der Waals surface area (Å²) in [5, 5.41) is 9.50. The summed E-state index contributed by atoms with van der Waals surface area (Å²) in [6, 6.07) is 4.72. The normalized spacial score (nSPS) is 25.6. The molecule has 170 valence electrons. The summed E-state index contributed by atoms with van der Waals surface area (Å²) in [5.74, 6) is -4.74. The van der Waals surface area contributed by atoms with Crippen molar-refractivity contribution in [2.24, 2.45) is 5.92 Å². The largest absolute Gasteiger partial charge is 0.321 e. The highest BCUT2D eigenvalue weighted by Gasteiger charge is 2.68. The zero-order chi connectivity index (χ0) is 23.3. The van der Waals surface area contributed by atoms with Crippen LogP contribution in [0.2, 0.25) is 0 Å². The number of halogens is 4. The molecule has 0 N–H and O–H groups in total. The molecule has 0 saturated heterocycles. The summed E-state index contributed by atoms with van der Waals surface area (Å²) in [7, 11) is 0. The van der Waals surface area contributed by atoms with E-state index in [0.29, 0.717) is 35.8 Å². The van der Waals surface area contributed by atoms with Gasteiger partial charge in [0.2, 0.25) is 0 Å². The van der Waals surface area contributed by atoms with Crippen LogP contribution in [0.3, 0.4) is 0 Å². The lowest BCUT2D eigenvalue weighted by molar-refractivity contribution is -0.226. The number of aryl methyl sites for hydroxylation is 1. The van der Waals surface area contributed by atoms with E-state index in [9.17, 15) is 27.6 Å². The second-order valence-electron chi connectivity index (χ2n) is 9.29. The number of hydrogen-bond donors (Lipinski definition) is 0. The molecule has 0 aliphatic heterocycles. The molecule has 1 aromatic heterocycles. The second-order valence-corrected chi connectivity index (χ2v) is 9.29. The molecule has 0 amide bonds. The number of nitrogens with zero attached hydrogens (tertiary/aromatic N) is 3. The first-order chi connectivity index (χ1) is 15.1. The van der Waals surface area contributed by atoms with E-state index < -0.39 is 29.7 Å². The minimum atomic E-state index is -3.48. The molecule has 2 aliphatic rings. The summed E-state index contributed by atoms with van der Waals surface area (Å²) in [6.07, 6.45) is 3.39. The van der Waals surface area contributed by atoms with Crippen LogP contribution in [0.25, 0.3) is 11.0 Å². The van der Waals surface area contributed by atoms with Crippen molar-refractivity contribution in [1.29, 1.82) is 5.26 Å². The number of hydrogen-bond acceptors (Lipinski definition) is 3. The number of fused-ring (bicyclic) bond motifs is 1. The third kappa shape index (κ3) is 3.33. The van der Waals surface area contributed by atoms with Gasteiger partial charge in [0.15, 0.2) is 5.67 Å². The van der Waals surface area contributed by atoms with Crippen LogP contribution in [-0.4, -0.2) is 26.9 Å². The maximum atomic E-state index is 14.4. The van der Waals surface area contributed by atoms with Crippen LogP contribution in [0, 0.1) is 23.1 Å². The van der Waals surface area contributed by atoms with Crippen molar-refractivity contribution in [3.05, 3.63) is 42.0 Å². The van der Waals surface area contributed by atoms with Gasteiger partial charge in [-0.2, -0.15) is 5.26 Å². The fourth-order valence-electron chi connectivity index (χ4n) is 5.10. The Kier molecular flexibility index (Phi) is 5.43. The molecule has 0 spiro atoms. The first kappa shape index (κ1) is 22.5. The van der Waals surface area contributed by atoms with Crippen LogP contribution in [0.15, 0.2) is 24.8 Å². The van der Waals surface area contributed by atoms with E-state index in [1.54, 1.807) is 6.07 Å². The highest BCUT2D eigenvalue weighted by Crippen LogP contribution is 2.56. The number of carbonyl (C=O) groups excluding carboxylic acids is 1. The quantitative estimate of drug-likeness (QED) is 0.381. The summed E-state index contributed by atoms with van der Waals surface area (Å²) in [6.45, 7) is 5.22. The molecule has 2 atom stereocenters. The van der Waals surface area contributed by atoms with Crippen molar-refractivity contribution in [2.75, 3.05) is 0 Å². The maximum absolute atomic E-state index is 14.4. The fraction of sp³-hybridized carbons (Fsp3) is 0.542. The van der Waals surface area contributed by atoms with E-state index in [4.69, 9.17) is 0 Å². The highest BCUT2D eigenvalue weighted by molar-refractivity contribution is 5.83. The van der Waals surface area contributed by atoms with Gasteiger partial charge in [-0.15, -0.1) is 0 Å². The van der Waals surface area contributed by atoms with Crippen molar-refractivity contribution in [3.8, 4) is 6.07 Å². The summed E-state index contributed by atoms with van der Waals surface area (Å²) in [5.41, 5.74) is -2.14. The van der Waals surface area contributed by atoms with Crippen molar-refractivity contribution in [3.63, 3.8) is 0 Å². The van der Waals surface area contributed by atoms with Gasteiger partial charge in [-0.25, -0.2) is 22.5 Å². The van der Waals surface area contributed by atoms with Crippen molar-refractivity contribution >= 4 is 16.8 Å². The Bertz CT molecular complexity index is 1130. The molecule has 4 nitrogen and oxygen atoms in total. The standard InChI is InChI=1S/C24H25F4N3O/c1-3-23(26)15(13-24(23,27)28)12-16(32)6-4-7-20-30-19-9-8-18(25)17(14-29)21(19)31(20)22(2)10-5-11-22/h3,8-9,15H,1,4-7,10-13H2,2H3. The van der Waals surface area contributed by atoms with Gasteiger partial charge in [0.1, 0.15) is 29.1 Å². The molecule has 2 aliphatic carbocycles. The number of rotatable bonds is 8. The third-order valence-electron chi connectivity index (χ3n) is 7.20. The van der Waals surface area contributed by atoms with Gasteiger partial charge < -0.3 is 4.57 Å². The maximum Gasteiger partial charge on any atom is 0.285 e. The Morgan fingerprint density at radius 2 is 2.09 bits per heavy atom. The first-order valence-electron chi connectivity index (χ1n) is 10.9. The molecule has 1 aromatic carbocycles. The average Bonchev–Trinajstić information content (AvgIpc) is 3.09. The number of Topliss-reactive ketones (excluding diaryl/α,β-unsaturated/α-hetero) is 1. The lowest BCUT2D eigenvalue weighted by atomic mass is 9.65. The zero-order valence-electron chi connectivity index (χ0n) is 17.9. The molecule has 2 unspecified atom stereocenters. The van der Waals surface area contributed by atoms with E-state index in [0.717, 1.165) is 19.3 Å². The molecule has 32 heavy (non-hydrogen) atoms. The topological polar surface area (TPSA) is 58.7 Å². The lowest BCUT2D eigenvalue weighted by Gasteiger charge is -2.47. The Hall–Kier alpha value is -2.69. The van der Waals surface area contributed by atoms with E-state index in [1.165, 1.54) is 6.07 Å². The third-order valence-corrected chi connectivity index (χ3v) is 7.20. The molecule has 2 aromatic rings. The van der Waals surface area contributed by atoms with Gasteiger partial charge in [0, 0.05) is 37.1 Å². The van der Waals surface area contributed by atoms with Crippen LogP contribution in [-0.2, 0) is 16.8 Å². The fourth-order valence-corrected chi connectivity index (χ4v) is 5.10. The van der Waals surface area contributed by atoms with E-state index in [-0.39, 0.29) is 29.7 Å². The van der Waals surface area contributed by atoms with Gasteiger partial charge in [-0.05, 0) is 50.8 Å². The molecule has 2 saturated carbocycles. The van der Waals surface area contributed by atoms with Crippen LogP contribution in [0.1, 0.15) is 63.3 Å². The predicted molar refractivity (Wildman–Crippen MR) is 112 cm³/mol. The van der Waals surface area contributed by atoms with Gasteiger partial charge >= 0.3 is 0 Å². The number of carbonyl (C=O) groups is 1. The van der Waals surface area contributed by atoms with E-state index in [2.05, 4.69) is 11.6 Å². The van der Waals surface area contributed by atoms with Crippen LogP contribution < -0.4 is 0 Å². The molecular weight excluding hydrogens is 422 g/mol. The smallest absolute Gasteiger partial charge is 0.285 e. The number of nitriles is 1. The minimum absolute atomic E-state index is 0.0416. The Labute approximate surface area is 183 Å². The van der Waals surface area contributed by atoms with Crippen molar-refractivity contribution < 1.29 is 22.4 Å². The monoisotopic (exact) mass is 447 g/mol. The number of aromatic nitrogens is 2. The molecule has 0 bridgehead atoms. The number of ketones is 1. The SMILES string of the molecule is C=CC1(F)C(CC(=O)CCCc2nc3ccc(F)c(C#N)c3n2C2(C)CCC2)CC1(F)F. The average molecular weight is 447 g/mol. The Morgan fingerprint density at radius 1 is 1.38 bits per heavy atom. The van der Waals surface area contributed by atoms with Crippen molar-refractivity contribution in [1.82, 2.24) is 9.55 Å². The number of imidazole rings is 1. The Morgan fingerprint density at radius 3 is 2.66 bits per heavy atom. The molecule has 0 radical (unpaired) electrons. The summed E-state index contributed by atoms with van der Waals surface area (Å²) >= 11 is 0. The van der Waals surface area contributed by atoms with Crippen molar-refractivity contribution in [2.45, 2.75) is 75.4 Å². The van der Waals surface area contributed by atoms with Crippen LogP contribution in [0.4, 0.5) is 17.6 Å².